The summed E-state index contributed by atoms with van der Waals surface area (Å²) in [5, 5.41) is 12.5. The summed E-state index contributed by atoms with van der Waals surface area (Å²) in [4.78, 5) is 3.39. The number of rotatable bonds is 7. The van der Waals surface area contributed by atoms with Gasteiger partial charge in [0.2, 0.25) is 5.82 Å². The highest BCUT2D eigenvalue weighted by Gasteiger charge is 2.32. The molecule has 2 N–H and O–H groups in total. The maximum Gasteiger partial charge on any atom is 0.209 e. The van der Waals surface area contributed by atoms with E-state index < -0.39 is 0 Å². The number of quaternary nitrogens is 2. The van der Waals surface area contributed by atoms with Gasteiger partial charge in [0.1, 0.15) is 32.2 Å². The fraction of sp³-hybridized carbons (Fsp3) is 0.933. The lowest BCUT2D eigenvalue weighted by Gasteiger charge is -2.33. The highest BCUT2D eigenvalue weighted by Crippen LogP contribution is 2.11. The number of aromatic nitrogens is 4. The van der Waals surface area contributed by atoms with Gasteiger partial charge in [0.25, 0.3) is 0 Å². The van der Waals surface area contributed by atoms with Crippen LogP contribution in [-0.2, 0) is 6.54 Å². The molecule has 6 nitrogen and oxygen atoms in total. The van der Waals surface area contributed by atoms with Crippen LogP contribution in [0.25, 0.3) is 0 Å². The predicted molar refractivity (Wildman–Crippen MR) is 82.2 cm³/mol. The minimum Gasteiger partial charge on any atom is -0.326 e. The number of hydrogen-bond donors (Lipinski definition) is 2. The molecule has 0 radical (unpaired) electrons. The number of nitrogens with one attached hydrogen (secondary N) is 2. The zero-order valence-corrected chi connectivity index (χ0v) is 14.1. The van der Waals surface area contributed by atoms with Crippen LogP contribution >= 0.6 is 0 Å². The summed E-state index contributed by atoms with van der Waals surface area (Å²) in [5.41, 5.74) is 0. The van der Waals surface area contributed by atoms with Gasteiger partial charge in [-0.15, -0.1) is 5.10 Å². The highest BCUT2D eigenvalue weighted by atomic mass is 15.5. The zero-order chi connectivity index (χ0) is 15.2. The molecule has 0 aliphatic carbocycles. The van der Waals surface area contributed by atoms with Gasteiger partial charge < -0.3 is 9.80 Å². The quantitative estimate of drug-likeness (QED) is 0.677. The minimum atomic E-state index is 0.450. The number of aryl methyl sites for hydroxylation is 1. The monoisotopic (exact) mass is 296 g/mol. The van der Waals surface area contributed by atoms with Crippen LogP contribution in [-0.4, -0.2) is 52.9 Å². The average Bonchev–Trinajstić information content (AvgIpc) is 2.95. The van der Waals surface area contributed by atoms with Crippen molar-refractivity contribution in [2.75, 3.05) is 32.7 Å². The van der Waals surface area contributed by atoms with Crippen molar-refractivity contribution in [2.24, 2.45) is 5.92 Å². The SMILES string of the molecule is CC[C@H](c1nnnn1CCC(C)C)[NH+]1CC[NH+](CC)CC1. The van der Waals surface area contributed by atoms with Gasteiger partial charge in [0.05, 0.1) is 6.54 Å². The van der Waals surface area contributed by atoms with E-state index in [1.54, 1.807) is 9.80 Å². The van der Waals surface area contributed by atoms with Gasteiger partial charge in [-0.05, 0) is 29.7 Å². The molecule has 1 saturated heterocycles. The molecule has 0 amide bonds. The van der Waals surface area contributed by atoms with E-state index in [9.17, 15) is 0 Å². The Kier molecular flexibility index (Phi) is 6.11. The van der Waals surface area contributed by atoms with E-state index in [0.29, 0.717) is 12.0 Å². The molecule has 1 aromatic rings. The van der Waals surface area contributed by atoms with Crippen molar-refractivity contribution >= 4 is 0 Å². The molecule has 1 atom stereocenters. The Labute approximate surface area is 128 Å². The second-order valence-electron chi connectivity index (χ2n) is 6.67. The van der Waals surface area contributed by atoms with E-state index in [1.165, 1.54) is 32.7 Å². The molecule has 1 aliphatic heterocycles. The zero-order valence-electron chi connectivity index (χ0n) is 14.1. The first-order valence-electron chi connectivity index (χ1n) is 8.59. The van der Waals surface area contributed by atoms with Crippen molar-refractivity contribution in [2.45, 2.75) is 53.1 Å². The lowest BCUT2D eigenvalue weighted by Crippen LogP contribution is -3.28. The molecule has 1 aromatic heterocycles. The summed E-state index contributed by atoms with van der Waals surface area (Å²) in [6.45, 7) is 16.2. The van der Waals surface area contributed by atoms with Gasteiger partial charge in [0, 0.05) is 13.0 Å². The van der Waals surface area contributed by atoms with E-state index in [1.807, 2.05) is 4.68 Å². The van der Waals surface area contributed by atoms with E-state index in [4.69, 9.17) is 0 Å². The second kappa shape index (κ2) is 7.84. The van der Waals surface area contributed by atoms with Gasteiger partial charge in [-0.3, -0.25) is 0 Å². The first-order chi connectivity index (χ1) is 10.2. The molecule has 6 heteroatoms. The van der Waals surface area contributed by atoms with Gasteiger partial charge in [-0.2, -0.15) is 0 Å². The molecule has 0 bridgehead atoms. The summed E-state index contributed by atoms with van der Waals surface area (Å²) in [6, 6.07) is 0.450. The molecular weight excluding hydrogens is 264 g/mol. The van der Waals surface area contributed by atoms with Crippen molar-refractivity contribution < 1.29 is 9.80 Å². The smallest absolute Gasteiger partial charge is 0.209 e. The fourth-order valence-electron chi connectivity index (χ4n) is 3.28. The summed E-state index contributed by atoms with van der Waals surface area (Å²) in [6.07, 6.45) is 2.25. The Morgan fingerprint density at radius 2 is 1.86 bits per heavy atom. The molecular formula is C15H32N6+2. The van der Waals surface area contributed by atoms with Crippen LogP contribution in [0.3, 0.4) is 0 Å². The van der Waals surface area contributed by atoms with Crippen LogP contribution < -0.4 is 9.80 Å². The van der Waals surface area contributed by atoms with E-state index in [-0.39, 0.29) is 0 Å². The average molecular weight is 296 g/mol. The molecule has 0 aromatic carbocycles. The summed E-state index contributed by atoms with van der Waals surface area (Å²) >= 11 is 0. The Balaban J connectivity index is 2.02. The summed E-state index contributed by atoms with van der Waals surface area (Å²) < 4.78 is 2.04. The molecule has 120 valence electrons. The van der Waals surface area contributed by atoms with Gasteiger partial charge in [-0.25, -0.2) is 4.68 Å². The van der Waals surface area contributed by atoms with Gasteiger partial charge >= 0.3 is 0 Å². The molecule has 2 rings (SSSR count). The van der Waals surface area contributed by atoms with Crippen LogP contribution in [0, 0.1) is 5.92 Å². The topological polar surface area (TPSA) is 52.5 Å². The number of tetrazole rings is 1. The van der Waals surface area contributed by atoms with E-state index in [0.717, 1.165) is 25.2 Å². The molecule has 2 heterocycles. The third kappa shape index (κ3) is 4.23. The molecule has 0 spiro atoms. The maximum atomic E-state index is 4.35. The number of piperazine rings is 1. The Hall–Kier alpha value is -1.01. The first kappa shape index (κ1) is 16.4. The summed E-state index contributed by atoms with van der Waals surface area (Å²) in [5.74, 6) is 1.78. The van der Waals surface area contributed by atoms with Gasteiger partial charge in [-0.1, -0.05) is 20.8 Å². The predicted octanol–water partition coefficient (Wildman–Crippen LogP) is -1.03. The van der Waals surface area contributed by atoms with E-state index in [2.05, 4.69) is 43.2 Å². The highest BCUT2D eigenvalue weighted by molar-refractivity contribution is 4.87. The lowest BCUT2D eigenvalue weighted by molar-refractivity contribution is -1.03. The minimum absolute atomic E-state index is 0.450. The third-order valence-corrected chi connectivity index (χ3v) is 4.79. The third-order valence-electron chi connectivity index (χ3n) is 4.79. The largest absolute Gasteiger partial charge is 0.326 e. The summed E-state index contributed by atoms with van der Waals surface area (Å²) in [7, 11) is 0. The maximum absolute atomic E-state index is 4.35. The number of nitrogens with zero attached hydrogens (tertiary/aromatic N) is 4. The standard InChI is InChI=1S/C15H30N6/c1-5-14(20-11-9-19(6-2)10-12-20)15-16-17-18-21(15)8-7-13(3)4/h13-14H,5-12H2,1-4H3/p+2/t14-/m1/s1. The Bertz CT molecular complexity index is 408. The van der Waals surface area contributed by atoms with Crippen LogP contribution in [0.1, 0.15) is 52.4 Å². The molecule has 0 saturated carbocycles. The molecule has 1 aliphatic rings. The number of hydrogen-bond acceptors (Lipinski definition) is 3. The van der Waals surface area contributed by atoms with Crippen LogP contribution in [0.4, 0.5) is 0 Å². The lowest BCUT2D eigenvalue weighted by atomic mass is 10.1. The van der Waals surface area contributed by atoms with Crippen molar-refractivity contribution in [1.29, 1.82) is 0 Å². The van der Waals surface area contributed by atoms with Gasteiger partial charge in [0.15, 0.2) is 0 Å². The van der Waals surface area contributed by atoms with E-state index >= 15 is 0 Å². The fourth-order valence-corrected chi connectivity index (χ4v) is 3.28. The molecule has 0 unspecified atom stereocenters. The first-order valence-corrected chi connectivity index (χ1v) is 8.59. The van der Waals surface area contributed by atoms with Crippen LogP contribution in [0.2, 0.25) is 0 Å². The number of likely N-dealkylation sites (N-methyl/N-ethyl adjacent to an activating group) is 1. The normalized spacial score (nSPS) is 24.4. The molecule has 21 heavy (non-hydrogen) atoms. The van der Waals surface area contributed by atoms with Crippen molar-refractivity contribution in [1.82, 2.24) is 20.2 Å². The van der Waals surface area contributed by atoms with Crippen LogP contribution in [0.15, 0.2) is 0 Å². The van der Waals surface area contributed by atoms with Crippen LogP contribution in [0.5, 0.6) is 0 Å². The Morgan fingerprint density at radius 1 is 1.14 bits per heavy atom. The second-order valence-corrected chi connectivity index (χ2v) is 6.67. The van der Waals surface area contributed by atoms with Crippen molar-refractivity contribution in [3.05, 3.63) is 5.82 Å². The molecule has 1 fully saturated rings. The van der Waals surface area contributed by atoms with Crippen molar-refractivity contribution in [3.8, 4) is 0 Å². The van der Waals surface area contributed by atoms with Crippen molar-refractivity contribution in [3.63, 3.8) is 0 Å². The Morgan fingerprint density at radius 3 is 2.43 bits per heavy atom.